The summed E-state index contributed by atoms with van der Waals surface area (Å²) in [6.07, 6.45) is 4.20. The van der Waals surface area contributed by atoms with E-state index in [0.717, 1.165) is 33.5 Å². The third-order valence-electron chi connectivity index (χ3n) is 5.13. The van der Waals surface area contributed by atoms with Gasteiger partial charge in [-0.15, -0.1) is 0 Å². The molecule has 1 amide bonds. The van der Waals surface area contributed by atoms with E-state index in [1.807, 2.05) is 43.3 Å². The van der Waals surface area contributed by atoms with Crippen molar-refractivity contribution in [1.82, 2.24) is 25.1 Å². The van der Waals surface area contributed by atoms with Crippen LogP contribution >= 0.6 is 0 Å². The van der Waals surface area contributed by atoms with Gasteiger partial charge in [-0.1, -0.05) is 18.2 Å². The van der Waals surface area contributed by atoms with Crippen LogP contribution in [0.25, 0.3) is 22.2 Å². The maximum absolute atomic E-state index is 12.6. The fourth-order valence-electron chi connectivity index (χ4n) is 3.70. The summed E-state index contributed by atoms with van der Waals surface area (Å²) >= 11 is 0. The summed E-state index contributed by atoms with van der Waals surface area (Å²) in [6.45, 7) is 2.56. The number of aromatic amines is 1. The first-order valence-electron chi connectivity index (χ1n) is 10.00. The van der Waals surface area contributed by atoms with Crippen LogP contribution in [0.15, 0.2) is 61.2 Å². The number of amides is 1. The van der Waals surface area contributed by atoms with Crippen LogP contribution in [0.1, 0.15) is 18.9 Å². The highest BCUT2D eigenvalue weighted by molar-refractivity contribution is 5.91. The number of nitrogens with zero attached hydrogens (tertiary/aromatic N) is 3. The third-order valence-corrected chi connectivity index (χ3v) is 5.13. The Labute approximate surface area is 175 Å². The van der Waals surface area contributed by atoms with Crippen LogP contribution in [-0.4, -0.2) is 38.8 Å². The van der Waals surface area contributed by atoms with Crippen molar-refractivity contribution < 1.29 is 9.53 Å². The molecule has 0 bridgehead atoms. The van der Waals surface area contributed by atoms with Crippen LogP contribution in [0, 0.1) is 0 Å². The molecule has 2 aromatic carbocycles. The molecule has 0 radical (unpaired) electrons. The monoisotopic (exact) mass is 403 g/mol. The molecule has 0 saturated carbocycles. The number of methoxy groups -OCH3 is 1. The second kappa shape index (κ2) is 8.82. The molecule has 0 fully saturated rings. The van der Waals surface area contributed by atoms with Gasteiger partial charge in [-0.2, -0.15) is 5.10 Å². The molecule has 0 spiro atoms. The Morgan fingerprint density at radius 1 is 1.20 bits per heavy atom. The molecular weight excluding hydrogens is 378 g/mol. The quantitative estimate of drug-likeness (QED) is 0.471. The van der Waals surface area contributed by atoms with Gasteiger partial charge < -0.3 is 15.0 Å². The summed E-state index contributed by atoms with van der Waals surface area (Å²) in [6, 6.07) is 16.1. The zero-order valence-corrected chi connectivity index (χ0v) is 17.1. The highest BCUT2D eigenvalue weighted by atomic mass is 16.5. The van der Waals surface area contributed by atoms with Crippen LogP contribution < -0.4 is 10.1 Å². The number of aryl methyl sites for hydroxylation is 1. The summed E-state index contributed by atoms with van der Waals surface area (Å²) in [5.74, 6) is 0.839. The predicted octanol–water partition coefficient (Wildman–Crippen LogP) is 3.57. The molecule has 7 nitrogen and oxygen atoms in total. The molecule has 0 aliphatic heterocycles. The first kappa shape index (κ1) is 19.7. The Morgan fingerprint density at radius 2 is 2.00 bits per heavy atom. The number of carbonyl (C=O) groups excluding carboxylic acids is 1. The zero-order chi connectivity index (χ0) is 20.9. The summed E-state index contributed by atoms with van der Waals surface area (Å²) in [5.41, 5.74) is 4.33. The maximum Gasteiger partial charge on any atom is 0.220 e. The number of rotatable bonds is 8. The second-order valence-corrected chi connectivity index (χ2v) is 7.34. The van der Waals surface area contributed by atoms with E-state index < -0.39 is 0 Å². The number of ether oxygens (including phenoxy) is 1. The molecule has 2 N–H and O–H groups in total. The Hall–Kier alpha value is -3.61. The molecule has 7 heteroatoms. The lowest BCUT2D eigenvalue weighted by molar-refractivity contribution is -0.121. The lowest BCUT2D eigenvalue weighted by Gasteiger charge is -2.14. The van der Waals surface area contributed by atoms with Gasteiger partial charge in [0.15, 0.2) is 0 Å². The van der Waals surface area contributed by atoms with Crippen LogP contribution in [-0.2, 0) is 17.8 Å². The van der Waals surface area contributed by atoms with Gasteiger partial charge in [-0.05, 0) is 54.8 Å². The van der Waals surface area contributed by atoms with Crippen molar-refractivity contribution in [2.24, 2.45) is 0 Å². The van der Waals surface area contributed by atoms with Gasteiger partial charge in [0, 0.05) is 29.1 Å². The zero-order valence-electron chi connectivity index (χ0n) is 17.1. The van der Waals surface area contributed by atoms with E-state index in [0.29, 0.717) is 19.4 Å². The van der Waals surface area contributed by atoms with Gasteiger partial charge in [0.25, 0.3) is 0 Å². The lowest BCUT2D eigenvalue weighted by Crippen LogP contribution is -2.35. The minimum Gasteiger partial charge on any atom is -0.497 e. The van der Waals surface area contributed by atoms with E-state index >= 15 is 0 Å². The summed E-state index contributed by atoms with van der Waals surface area (Å²) < 4.78 is 6.99. The smallest absolute Gasteiger partial charge is 0.220 e. The lowest BCUT2D eigenvalue weighted by atomic mass is 10.0. The van der Waals surface area contributed by atoms with E-state index in [2.05, 4.69) is 32.5 Å². The van der Waals surface area contributed by atoms with Crippen molar-refractivity contribution in [3.05, 3.63) is 66.7 Å². The normalized spacial score (nSPS) is 12.1. The number of aromatic nitrogens is 4. The minimum absolute atomic E-state index is 0.0218. The van der Waals surface area contributed by atoms with Crippen molar-refractivity contribution in [3.8, 4) is 17.0 Å². The molecular formula is C23H25N5O2. The van der Waals surface area contributed by atoms with Crippen LogP contribution in [0.5, 0.6) is 5.75 Å². The topological polar surface area (TPSA) is 84.8 Å². The number of para-hydroxylation sites is 1. The largest absolute Gasteiger partial charge is 0.497 e. The van der Waals surface area contributed by atoms with Crippen LogP contribution in [0.3, 0.4) is 0 Å². The Balaban J connectivity index is 1.50. The Bertz CT molecular complexity index is 1120. The summed E-state index contributed by atoms with van der Waals surface area (Å²) in [5, 5.41) is 8.28. The third kappa shape index (κ3) is 4.35. The predicted molar refractivity (Wildman–Crippen MR) is 116 cm³/mol. The molecule has 4 aromatic rings. The number of fused-ring (bicyclic) bond motifs is 1. The van der Waals surface area contributed by atoms with Crippen molar-refractivity contribution in [2.75, 3.05) is 7.11 Å². The number of H-pyrrole nitrogens is 1. The van der Waals surface area contributed by atoms with E-state index in [-0.39, 0.29) is 11.9 Å². The summed E-state index contributed by atoms with van der Waals surface area (Å²) in [4.78, 5) is 20.0. The maximum atomic E-state index is 12.6. The number of carbonyl (C=O) groups is 1. The van der Waals surface area contributed by atoms with Crippen LogP contribution in [0.4, 0.5) is 0 Å². The highest BCUT2D eigenvalue weighted by Gasteiger charge is 2.15. The van der Waals surface area contributed by atoms with Gasteiger partial charge >= 0.3 is 0 Å². The molecule has 154 valence electrons. The molecule has 4 rings (SSSR count). The average molecular weight is 403 g/mol. The molecule has 30 heavy (non-hydrogen) atoms. The number of nitrogens with one attached hydrogen (secondary N) is 2. The van der Waals surface area contributed by atoms with E-state index in [4.69, 9.17) is 4.74 Å². The standard InChI is InChI=1S/C23H25N5O2/c1-16(13-28-15-24-14-25-28)26-22(29)12-11-20-19-5-3-4-6-21(19)27-23(20)17-7-9-18(30-2)10-8-17/h3-10,14-16,27H,11-13H2,1-2H3,(H,26,29). The highest BCUT2D eigenvalue weighted by Crippen LogP contribution is 2.32. The van der Waals surface area contributed by atoms with Gasteiger partial charge in [-0.25, -0.2) is 4.98 Å². The summed E-state index contributed by atoms with van der Waals surface area (Å²) in [7, 11) is 1.66. The van der Waals surface area contributed by atoms with Gasteiger partial charge in [0.2, 0.25) is 5.91 Å². The van der Waals surface area contributed by atoms with E-state index in [9.17, 15) is 4.79 Å². The minimum atomic E-state index is -0.0248. The molecule has 2 heterocycles. The first-order valence-corrected chi connectivity index (χ1v) is 10.00. The van der Waals surface area contributed by atoms with Crippen molar-refractivity contribution in [2.45, 2.75) is 32.4 Å². The molecule has 2 aromatic heterocycles. The number of benzene rings is 2. The van der Waals surface area contributed by atoms with Crippen molar-refractivity contribution >= 4 is 16.8 Å². The fourth-order valence-corrected chi connectivity index (χ4v) is 3.70. The van der Waals surface area contributed by atoms with Crippen molar-refractivity contribution in [1.29, 1.82) is 0 Å². The van der Waals surface area contributed by atoms with Gasteiger partial charge in [0.05, 0.1) is 13.7 Å². The molecule has 1 atom stereocenters. The van der Waals surface area contributed by atoms with Crippen LogP contribution in [0.2, 0.25) is 0 Å². The van der Waals surface area contributed by atoms with E-state index in [1.165, 1.54) is 6.33 Å². The SMILES string of the molecule is COc1ccc(-c2[nH]c3ccccc3c2CCC(=O)NC(C)Cn2cncn2)cc1. The first-order chi connectivity index (χ1) is 14.6. The number of hydrogen-bond donors (Lipinski definition) is 2. The van der Waals surface area contributed by atoms with Gasteiger partial charge in [-0.3, -0.25) is 9.48 Å². The number of hydrogen-bond acceptors (Lipinski definition) is 4. The van der Waals surface area contributed by atoms with Gasteiger partial charge in [0.1, 0.15) is 18.4 Å². The molecule has 0 aliphatic carbocycles. The molecule has 1 unspecified atom stereocenters. The molecule has 0 saturated heterocycles. The average Bonchev–Trinajstić information content (AvgIpc) is 3.39. The second-order valence-electron chi connectivity index (χ2n) is 7.34. The fraction of sp³-hybridized carbons (Fsp3) is 0.261. The van der Waals surface area contributed by atoms with Crippen molar-refractivity contribution in [3.63, 3.8) is 0 Å². The molecule has 0 aliphatic rings. The Morgan fingerprint density at radius 3 is 2.73 bits per heavy atom. The van der Waals surface area contributed by atoms with E-state index in [1.54, 1.807) is 18.1 Å². The Kier molecular flexibility index (Phi) is 5.79.